The van der Waals surface area contributed by atoms with E-state index in [0.29, 0.717) is 24.6 Å². The van der Waals surface area contributed by atoms with E-state index in [1.165, 1.54) is 0 Å². The molecular weight excluding hydrogens is 323 g/mol. The largest absolute Gasteiger partial charge is 0.494 e. The van der Waals surface area contributed by atoms with Gasteiger partial charge in [0, 0.05) is 11.6 Å². The maximum absolute atomic E-state index is 11.9. The lowest BCUT2D eigenvalue weighted by atomic mass is 9.99. The van der Waals surface area contributed by atoms with E-state index in [1.54, 1.807) is 6.07 Å². The van der Waals surface area contributed by atoms with Crippen LogP contribution >= 0.6 is 24.0 Å². The monoisotopic (exact) mass is 348 g/mol. The zero-order chi connectivity index (χ0) is 15.8. The van der Waals surface area contributed by atoms with Gasteiger partial charge >= 0.3 is 0 Å². The van der Waals surface area contributed by atoms with Crippen LogP contribution in [0.15, 0.2) is 18.2 Å². The quantitative estimate of drug-likeness (QED) is 0.758. The van der Waals surface area contributed by atoms with Crippen LogP contribution in [-0.2, 0) is 11.2 Å². The number of carbonyl (C=O) groups excluding carboxylic acids is 1. The van der Waals surface area contributed by atoms with Gasteiger partial charge in [0.25, 0.3) is 0 Å². The van der Waals surface area contributed by atoms with Gasteiger partial charge in [0.15, 0.2) is 0 Å². The number of rotatable bonds is 8. The molecule has 0 aliphatic heterocycles. The number of hydrogen-bond acceptors (Lipinski definition) is 3. The molecule has 2 atom stereocenters. The van der Waals surface area contributed by atoms with Crippen molar-refractivity contribution in [1.29, 1.82) is 0 Å². The van der Waals surface area contributed by atoms with Crippen molar-refractivity contribution >= 4 is 29.9 Å². The highest BCUT2D eigenvalue weighted by atomic mass is 35.5. The van der Waals surface area contributed by atoms with Crippen LogP contribution in [0.3, 0.4) is 0 Å². The molecular formula is C16H26Cl2N2O2. The van der Waals surface area contributed by atoms with Gasteiger partial charge in [0.05, 0.1) is 12.6 Å². The van der Waals surface area contributed by atoms with Crippen LogP contribution in [0.2, 0.25) is 5.02 Å². The predicted molar refractivity (Wildman–Crippen MR) is 94.0 cm³/mol. The van der Waals surface area contributed by atoms with Crippen molar-refractivity contribution in [2.45, 2.75) is 39.7 Å². The Morgan fingerprint density at radius 1 is 1.41 bits per heavy atom. The third kappa shape index (κ3) is 6.42. The van der Waals surface area contributed by atoms with E-state index < -0.39 is 6.04 Å². The number of nitrogens with two attached hydrogens (primary N) is 1. The summed E-state index contributed by atoms with van der Waals surface area (Å²) in [6, 6.07) is 5.06. The zero-order valence-electron chi connectivity index (χ0n) is 13.4. The second-order valence-corrected chi connectivity index (χ2v) is 5.57. The Labute approximate surface area is 144 Å². The number of carbonyl (C=O) groups is 1. The third-order valence-corrected chi connectivity index (χ3v) is 3.81. The summed E-state index contributed by atoms with van der Waals surface area (Å²) in [5.41, 5.74) is 6.88. The third-order valence-electron chi connectivity index (χ3n) is 3.58. The van der Waals surface area contributed by atoms with Gasteiger partial charge in [-0.15, -0.1) is 12.4 Å². The number of benzene rings is 1. The minimum absolute atomic E-state index is 0. The van der Waals surface area contributed by atoms with E-state index in [1.807, 2.05) is 32.9 Å². The molecule has 6 heteroatoms. The molecule has 1 aromatic carbocycles. The fourth-order valence-corrected chi connectivity index (χ4v) is 2.18. The summed E-state index contributed by atoms with van der Waals surface area (Å²) >= 11 is 6.01. The number of halogens is 2. The Kier molecular flexibility index (Phi) is 10.2. The van der Waals surface area contributed by atoms with Crippen LogP contribution < -0.4 is 15.8 Å². The zero-order valence-corrected chi connectivity index (χ0v) is 15.0. The molecule has 126 valence electrons. The first-order valence-corrected chi connectivity index (χ1v) is 7.81. The standard InChI is InChI=1S/C16H25ClN2O2.ClH/c1-4-11(3)15(18)16(20)19-9-8-12-10-13(17)6-7-14(12)21-5-2;/h6-7,10-11,15H,4-5,8-9,18H2,1-3H3,(H,19,20);1H. The van der Waals surface area contributed by atoms with Crippen molar-refractivity contribution in [3.05, 3.63) is 28.8 Å². The summed E-state index contributed by atoms with van der Waals surface area (Å²) in [5, 5.41) is 3.54. The van der Waals surface area contributed by atoms with E-state index in [9.17, 15) is 4.79 Å². The van der Waals surface area contributed by atoms with Crippen molar-refractivity contribution in [2.75, 3.05) is 13.2 Å². The molecule has 22 heavy (non-hydrogen) atoms. The molecule has 4 nitrogen and oxygen atoms in total. The molecule has 0 radical (unpaired) electrons. The van der Waals surface area contributed by atoms with Gasteiger partial charge < -0.3 is 15.8 Å². The first kappa shape index (κ1) is 21.0. The van der Waals surface area contributed by atoms with E-state index in [2.05, 4.69) is 5.32 Å². The molecule has 2 unspecified atom stereocenters. The Morgan fingerprint density at radius 2 is 2.09 bits per heavy atom. The van der Waals surface area contributed by atoms with Gasteiger partial charge in [0.1, 0.15) is 5.75 Å². The molecule has 0 aromatic heterocycles. The summed E-state index contributed by atoms with van der Waals surface area (Å²) in [6.07, 6.45) is 1.55. The molecule has 0 aliphatic carbocycles. The van der Waals surface area contributed by atoms with Crippen LogP contribution in [0.4, 0.5) is 0 Å². The number of ether oxygens (including phenoxy) is 1. The number of nitrogens with one attached hydrogen (secondary N) is 1. The second kappa shape index (κ2) is 10.7. The highest BCUT2D eigenvalue weighted by Gasteiger charge is 2.18. The summed E-state index contributed by atoms with van der Waals surface area (Å²) in [5.74, 6) is 0.877. The average Bonchev–Trinajstić information content (AvgIpc) is 2.48. The molecule has 0 heterocycles. The lowest BCUT2D eigenvalue weighted by Crippen LogP contribution is -2.45. The second-order valence-electron chi connectivity index (χ2n) is 5.14. The SMILES string of the molecule is CCOc1ccc(Cl)cc1CCNC(=O)C(N)C(C)CC.Cl. The van der Waals surface area contributed by atoms with Crippen LogP contribution in [0, 0.1) is 5.92 Å². The topological polar surface area (TPSA) is 64.3 Å². The molecule has 1 aromatic rings. The summed E-state index contributed by atoms with van der Waals surface area (Å²) in [6.45, 7) is 7.06. The average molecular weight is 349 g/mol. The molecule has 1 amide bonds. The van der Waals surface area contributed by atoms with E-state index in [0.717, 1.165) is 17.7 Å². The highest BCUT2D eigenvalue weighted by Crippen LogP contribution is 2.23. The lowest BCUT2D eigenvalue weighted by Gasteiger charge is -2.18. The normalized spacial score (nSPS) is 13.0. The van der Waals surface area contributed by atoms with E-state index in [4.69, 9.17) is 22.1 Å². The maximum atomic E-state index is 11.9. The lowest BCUT2D eigenvalue weighted by molar-refractivity contribution is -0.123. The van der Waals surface area contributed by atoms with Crippen LogP contribution in [0.25, 0.3) is 0 Å². The Balaban J connectivity index is 0.00000441. The smallest absolute Gasteiger partial charge is 0.237 e. The highest BCUT2D eigenvalue weighted by molar-refractivity contribution is 6.30. The van der Waals surface area contributed by atoms with Crippen molar-refractivity contribution in [1.82, 2.24) is 5.32 Å². The summed E-state index contributed by atoms with van der Waals surface area (Å²) < 4.78 is 5.56. The minimum Gasteiger partial charge on any atom is -0.494 e. The molecule has 0 fully saturated rings. The van der Waals surface area contributed by atoms with Gasteiger partial charge in [-0.1, -0.05) is 31.9 Å². The maximum Gasteiger partial charge on any atom is 0.237 e. The minimum atomic E-state index is -0.458. The molecule has 1 rings (SSSR count). The van der Waals surface area contributed by atoms with Crippen molar-refractivity contribution < 1.29 is 9.53 Å². The Bertz CT molecular complexity index is 469. The van der Waals surface area contributed by atoms with E-state index >= 15 is 0 Å². The van der Waals surface area contributed by atoms with Gasteiger partial charge in [-0.3, -0.25) is 4.79 Å². The molecule has 0 bridgehead atoms. The fraction of sp³-hybridized carbons (Fsp3) is 0.562. The summed E-state index contributed by atoms with van der Waals surface area (Å²) in [4.78, 5) is 11.9. The number of amides is 1. The first-order chi connectivity index (χ1) is 9.99. The van der Waals surface area contributed by atoms with Gasteiger partial charge in [-0.05, 0) is 43.0 Å². The van der Waals surface area contributed by atoms with E-state index in [-0.39, 0.29) is 24.2 Å². The van der Waals surface area contributed by atoms with Crippen molar-refractivity contribution in [2.24, 2.45) is 11.7 Å². The van der Waals surface area contributed by atoms with Crippen LogP contribution in [0.1, 0.15) is 32.8 Å². The fourth-order valence-electron chi connectivity index (χ4n) is 1.99. The molecule has 0 saturated heterocycles. The Morgan fingerprint density at radius 3 is 2.68 bits per heavy atom. The van der Waals surface area contributed by atoms with Crippen LogP contribution in [0.5, 0.6) is 5.75 Å². The first-order valence-electron chi connectivity index (χ1n) is 7.44. The van der Waals surface area contributed by atoms with Crippen LogP contribution in [-0.4, -0.2) is 25.1 Å². The molecule has 0 saturated carbocycles. The number of hydrogen-bond donors (Lipinski definition) is 2. The van der Waals surface area contributed by atoms with Gasteiger partial charge in [-0.2, -0.15) is 0 Å². The van der Waals surface area contributed by atoms with Gasteiger partial charge in [-0.25, -0.2) is 0 Å². The molecule has 0 spiro atoms. The van der Waals surface area contributed by atoms with Crippen molar-refractivity contribution in [3.8, 4) is 5.75 Å². The molecule has 0 aliphatic rings. The summed E-state index contributed by atoms with van der Waals surface area (Å²) in [7, 11) is 0. The Hall–Kier alpha value is -0.970. The van der Waals surface area contributed by atoms with Crippen molar-refractivity contribution in [3.63, 3.8) is 0 Å². The molecule has 3 N–H and O–H groups in total. The predicted octanol–water partition coefficient (Wildman–Crippen LogP) is 3.19. The van der Waals surface area contributed by atoms with Gasteiger partial charge in [0.2, 0.25) is 5.91 Å².